The molecule has 1 aromatic rings. The number of aromatic hydroxyl groups is 1. The minimum Gasteiger partial charge on any atom is -0.504 e. The Kier molecular flexibility index (Phi) is 6.32. The standard InChI is InChI=1S/C24H18FNO3/c25-22-15-19(14-20(16-27)23(22)28)24(29)26-21-12-6-10-18(11-7-13-21)17-8-4-2-1-3-5-9-17/h1-16,28H,(H,26,29)/b2-1-,3-1?,4-2?,5-3-,8-4-,9-5?,10-6-,11-7?,12-6?,13-7-,17-8?,17-9+,18-10?,18-11+,21-12+,21-13?. The van der Waals surface area contributed by atoms with Crippen LogP contribution in [0.2, 0.25) is 0 Å². The van der Waals surface area contributed by atoms with E-state index in [4.69, 9.17) is 0 Å². The quantitative estimate of drug-likeness (QED) is 0.741. The molecule has 0 atom stereocenters. The Bertz CT molecular complexity index is 1080. The van der Waals surface area contributed by atoms with Crippen LogP contribution in [0.25, 0.3) is 0 Å². The summed E-state index contributed by atoms with van der Waals surface area (Å²) in [6.07, 6.45) is 24.9. The number of amides is 1. The first-order valence-corrected chi connectivity index (χ1v) is 8.86. The van der Waals surface area contributed by atoms with E-state index in [0.29, 0.717) is 12.0 Å². The Hall–Kier alpha value is -3.99. The maximum absolute atomic E-state index is 13.7. The average molecular weight is 387 g/mol. The molecule has 4 nitrogen and oxygen atoms in total. The molecular weight excluding hydrogens is 369 g/mol. The summed E-state index contributed by atoms with van der Waals surface area (Å²) in [5, 5.41) is 12.1. The van der Waals surface area contributed by atoms with Gasteiger partial charge in [-0.1, -0.05) is 66.8 Å². The van der Waals surface area contributed by atoms with E-state index in [-0.39, 0.29) is 11.1 Å². The van der Waals surface area contributed by atoms with E-state index in [9.17, 15) is 19.1 Å². The van der Waals surface area contributed by atoms with Crippen molar-refractivity contribution in [2.24, 2.45) is 0 Å². The Balaban J connectivity index is 1.75. The molecule has 2 aliphatic rings. The number of benzene rings is 1. The number of phenols is 1. The molecule has 0 bridgehead atoms. The van der Waals surface area contributed by atoms with Crippen LogP contribution >= 0.6 is 0 Å². The van der Waals surface area contributed by atoms with Gasteiger partial charge in [0.05, 0.1) is 5.56 Å². The van der Waals surface area contributed by atoms with Gasteiger partial charge >= 0.3 is 0 Å². The molecule has 1 amide bonds. The maximum Gasteiger partial charge on any atom is 0.255 e. The summed E-state index contributed by atoms with van der Waals surface area (Å²) in [5.74, 6) is -2.40. The zero-order chi connectivity index (χ0) is 20.6. The normalized spacial score (nSPS) is 26.3. The van der Waals surface area contributed by atoms with Crippen molar-refractivity contribution in [3.05, 3.63) is 125 Å². The number of rotatable bonds is 4. The molecule has 0 fully saturated rings. The van der Waals surface area contributed by atoms with E-state index >= 15 is 0 Å². The molecule has 0 heterocycles. The number of hydrogen-bond donors (Lipinski definition) is 2. The Morgan fingerprint density at radius 3 is 2.31 bits per heavy atom. The Labute approximate surface area is 167 Å². The number of hydrogen-bond acceptors (Lipinski definition) is 3. The van der Waals surface area contributed by atoms with Crippen LogP contribution in [0.5, 0.6) is 5.75 Å². The van der Waals surface area contributed by atoms with Gasteiger partial charge in [-0.2, -0.15) is 0 Å². The highest BCUT2D eigenvalue weighted by Crippen LogP contribution is 2.22. The number of carbonyl (C=O) groups excluding carboxylic acids is 2. The van der Waals surface area contributed by atoms with Crippen LogP contribution in [0.4, 0.5) is 4.39 Å². The lowest BCUT2D eigenvalue weighted by molar-refractivity contribution is 0.0966. The fourth-order valence-corrected chi connectivity index (χ4v) is 2.70. The third kappa shape index (κ3) is 5.05. The van der Waals surface area contributed by atoms with Gasteiger partial charge in [-0.3, -0.25) is 9.59 Å². The van der Waals surface area contributed by atoms with Gasteiger partial charge in [0.25, 0.3) is 5.91 Å². The minimum atomic E-state index is -1.03. The monoisotopic (exact) mass is 387 g/mol. The summed E-state index contributed by atoms with van der Waals surface area (Å²) in [4.78, 5) is 23.3. The zero-order valence-corrected chi connectivity index (χ0v) is 15.4. The zero-order valence-electron chi connectivity index (χ0n) is 15.4. The van der Waals surface area contributed by atoms with Crippen molar-refractivity contribution < 1.29 is 19.1 Å². The van der Waals surface area contributed by atoms with Gasteiger partial charge in [-0.05, 0) is 35.4 Å². The maximum atomic E-state index is 13.7. The molecule has 0 radical (unpaired) electrons. The fraction of sp³-hybridized carbons (Fsp3) is 0. The highest BCUT2D eigenvalue weighted by molar-refractivity contribution is 5.97. The molecule has 2 N–H and O–H groups in total. The highest BCUT2D eigenvalue weighted by atomic mass is 19.1. The molecule has 0 aliphatic heterocycles. The second-order valence-electron chi connectivity index (χ2n) is 6.18. The lowest BCUT2D eigenvalue weighted by Crippen LogP contribution is -2.22. The van der Waals surface area contributed by atoms with Crippen LogP contribution in [0.1, 0.15) is 20.7 Å². The largest absolute Gasteiger partial charge is 0.504 e. The molecule has 3 rings (SSSR count). The number of nitrogens with one attached hydrogen (secondary N) is 1. The summed E-state index contributed by atoms with van der Waals surface area (Å²) < 4.78 is 13.7. The molecule has 0 aromatic heterocycles. The van der Waals surface area contributed by atoms with Crippen molar-refractivity contribution >= 4 is 12.2 Å². The average Bonchev–Trinajstić information content (AvgIpc) is 2.66. The molecule has 0 saturated carbocycles. The third-order valence-corrected chi connectivity index (χ3v) is 4.17. The predicted octanol–water partition coefficient (Wildman–Crippen LogP) is 4.62. The molecule has 0 saturated heterocycles. The topological polar surface area (TPSA) is 66.4 Å². The van der Waals surface area contributed by atoms with Gasteiger partial charge in [-0.25, -0.2) is 4.39 Å². The van der Waals surface area contributed by atoms with Gasteiger partial charge in [0.2, 0.25) is 0 Å². The molecule has 0 spiro atoms. The van der Waals surface area contributed by atoms with Crippen LogP contribution in [0.15, 0.2) is 108 Å². The van der Waals surface area contributed by atoms with Crippen molar-refractivity contribution in [1.82, 2.24) is 5.32 Å². The molecule has 2 aliphatic carbocycles. The summed E-state index contributed by atoms with van der Waals surface area (Å²) in [6.45, 7) is 0. The predicted molar refractivity (Wildman–Crippen MR) is 111 cm³/mol. The van der Waals surface area contributed by atoms with Crippen molar-refractivity contribution in [2.45, 2.75) is 0 Å². The van der Waals surface area contributed by atoms with Crippen molar-refractivity contribution in [3.8, 4) is 5.75 Å². The number of allylic oxidation sites excluding steroid dienone is 15. The van der Waals surface area contributed by atoms with Crippen LogP contribution < -0.4 is 5.32 Å². The van der Waals surface area contributed by atoms with E-state index in [1.165, 1.54) is 0 Å². The fourth-order valence-electron chi connectivity index (χ4n) is 2.70. The highest BCUT2D eigenvalue weighted by Gasteiger charge is 2.14. The van der Waals surface area contributed by atoms with Gasteiger partial charge in [-0.15, -0.1) is 0 Å². The number of halogens is 1. The minimum absolute atomic E-state index is 0.0661. The SMILES string of the molecule is O=Cc1cc(C(=O)NC2=C\C=C/C(C3=C/C=C\C=C/C=C\3)=C\C=C/2)cc(F)c1O. The number of aldehydes is 1. The second kappa shape index (κ2) is 9.28. The summed E-state index contributed by atoms with van der Waals surface area (Å²) in [6, 6.07) is 2.02. The first-order valence-electron chi connectivity index (χ1n) is 8.86. The van der Waals surface area contributed by atoms with Crippen LogP contribution in [0, 0.1) is 5.82 Å². The molecule has 144 valence electrons. The first-order chi connectivity index (χ1) is 14.1. The van der Waals surface area contributed by atoms with Crippen molar-refractivity contribution in [3.63, 3.8) is 0 Å². The van der Waals surface area contributed by atoms with Crippen molar-refractivity contribution in [1.29, 1.82) is 0 Å². The van der Waals surface area contributed by atoms with E-state index < -0.39 is 17.5 Å². The molecule has 29 heavy (non-hydrogen) atoms. The summed E-state index contributed by atoms with van der Waals surface area (Å²) in [7, 11) is 0. The van der Waals surface area contributed by atoms with Crippen LogP contribution in [-0.2, 0) is 0 Å². The van der Waals surface area contributed by atoms with Gasteiger partial charge < -0.3 is 10.4 Å². The lowest BCUT2D eigenvalue weighted by Gasteiger charge is -2.09. The van der Waals surface area contributed by atoms with Gasteiger partial charge in [0, 0.05) is 11.3 Å². The smallest absolute Gasteiger partial charge is 0.255 e. The second-order valence-corrected chi connectivity index (χ2v) is 6.18. The van der Waals surface area contributed by atoms with Gasteiger partial charge in [0.1, 0.15) is 0 Å². The number of carbonyl (C=O) groups is 2. The lowest BCUT2D eigenvalue weighted by atomic mass is 10.0. The van der Waals surface area contributed by atoms with E-state index in [2.05, 4.69) is 5.32 Å². The summed E-state index contributed by atoms with van der Waals surface area (Å²) in [5.41, 5.74) is 2.18. The summed E-state index contributed by atoms with van der Waals surface area (Å²) >= 11 is 0. The van der Waals surface area contributed by atoms with E-state index in [1.54, 1.807) is 24.3 Å². The van der Waals surface area contributed by atoms with Crippen LogP contribution in [-0.4, -0.2) is 17.3 Å². The first kappa shape index (κ1) is 19.8. The van der Waals surface area contributed by atoms with Crippen LogP contribution in [0.3, 0.4) is 0 Å². The molecule has 1 aromatic carbocycles. The Morgan fingerprint density at radius 2 is 1.52 bits per heavy atom. The molecule has 5 heteroatoms. The third-order valence-electron chi connectivity index (χ3n) is 4.17. The molecular formula is C24H18FNO3. The number of phenolic OH excluding ortho intramolecular Hbond substituents is 1. The molecule has 0 unspecified atom stereocenters. The van der Waals surface area contributed by atoms with E-state index in [1.807, 2.05) is 54.7 Å². The van der Waals surface area contributed by atoms with Gasteiger partial charge in [0.15, 0.2) is 17.9 Å². The van der Waals surface area contributed by atoms with Crippen molar-refractivity contribution in [2.75, 3.05) is 0 Å². The van der Waals surface area contributed by atoms with E-state index in [0.717, 1.165) is 23.3 Å². The Morgan fingerprint density at radius 1 is 0.862 bits per heavy atom.